The molecular formula is C20H29N3O. The highest BCUT2D eigenvalue weighted by Crippen LogP contribution is 2.20. The average Bonchev–Trinajstić information content (AvgIpc) is 2.95. The largest absolute Gasteiger partial charge is 0.327 e. The van der Waals surface area contributed by atoms with Crippen molar-refractivity contribution in [3.8, 4) is 0 Å². The third-order valence-corrected chi connectivity index (χ3v) is 4.51. The van der Waals surface area contributed by atoms with Gasteiger partial charge in [-0.1, -0.05) is 39.3 Å². The van der Waals surface area contributed by atoms with E-state index < -0.39 is 0 Å². The van der Waals surface area contributed by atoms with E-state index in [9.17, 15) is 4.79 Å². The second-order valence-corrected chi connectivity index (χ2v) is 6.05. The van der Waals surface area contributed by atoms with E-state index in [-0.39, 0.29) is 0 Å². The number of benzene rings is 1. The molecule has 1 heterocycles. The Morgan fingerprint density at radius 2 is 2.00 bits per heavy atom. The van der Waals surface area contributed by atoms with Crippen LogP contribution in [-0.2, 0) is 17.8 Å². The molecule has 0 unspecified atom stereocenters. The van der Waals surface area contributed by atoms with Crippen molar-refractivity contribution < 1.29 is 4.79 Å². The zero-order valence-electron chi connectivity index (χ0n) is 15.2. The number of allylic oxidation sites excluding steroid dienone is 1. The number of fused-ring (bicyclic) bond motifs is 1. The standard InChI is InChI=1S/C20H29N3O/c1-4-7-10-20-21-18-16-17(9-8-15-24)11-12-19(18)23(20)14-13-22(5-2)6-3/h8-9,11-12,15-16H,4-7,10,13-14H2,1-3H3/b9-8+. The maximum Gasteiger partial charge on any atom is 0.142 e. The van der Waals surface area contributed by atoms with Gasteiger partial charge in [0.15, 0.2) is 0 Å². The molecule has 2 rings (SSSR count). The highest BCUT2D eigenvalue weighted by atomic mass is 16.1. The third kappa shape index (κ3) is 4.54. The second-order valence-electron chi connectivity index (χ2n) is 6.05. The fourth-order valence-corrected chi connectivity index (χ4v) is 3.01. The van der Waals surface area contributed by atoms with Gasteiger partial charge in [-0.2, -0.15) is 0 Å². The quantitative estimate of drug-likeness (QED) is 0.490. The summed E-state index contributed by atoms with van der Waals surface area (Å²) in [5, 5.41) is 0. The summed E-state index contributed by atoms with van der Waals surface area (Å²) in [6.45, 7) is 10.8. The minimum Gasteiger partial charge on any atom is -0.327 e. The smallest absolute Gasteiger partial charge is 0.142 e. The molecule has 0 fully saturated rings. The van der Waals surface area contributed by atoms with Crippen LogP contribution in [0.3, 0.4) is 0 Å². The Kier molecular flexibility index (Phi) is 7.19. The summed E-state index contributed by atoms with van der Waals surface area (Å²) in [6.07, 6.45) is 7.51. The number of rotatable bonds is 10. The van der Waals surface area contributed by atoms with Gasteiger partial charge in [0.25, 0.3) is 0 Å². The number of hydrogen-bond donors (Lipinski definition) is 0. The average molecular weight is 327 g/mol. The molecule has 0 spiro atoms. The number of carbonyl (C=O) groups excluding carboxylic acids is 1. The molecule has 0 N–H and O–H groups in total. The molecule has 1 aromatic carbocycles. The van der Waals surface area contributed by atoms with Crippen molar-refractivity contribution in [2.45, 2.75) is 46.6 Å². The number of carbonyl (C=O) groups is 1. The summed E-state index contributed by atoms with van der Waals surface area (Å²) in [6, 6.07) is 6.25. The van der Waals surface area contributed by atoms with E-state index in [2.05, 4.69) is 48.4 Å². The van der Waals surface area contributed by atoms with Gasteiger partial charge < -0.3 is 9.47 Å². The first-order valence-corrected chi connectivity index (χ1v) is 9.06. The predicted molar refractivity (Wildman–Crippen MR) is 101 cm³/mol. The van der Waals surface area contributed by atoms with E-state index in [1.807, 2.05) is 6.08 Å². The fourth-order valence-electron chi connectivity index (χ4n) is 3.01. The minimum absolute atomic E-state index is 0.805. The molecule has 0 radical (unpaired) electrons. The van der Waals surface area contributed by atoms with Crippen LogP contribution in [0.15, 0.2) is 24.3 Å². The van der Waals surface area contributed by atoms with E-state index in [1.54, 1.807) is 0 Å². The van der Waals surface area contributed by atoms with Crippen LogP contribution in [0.25, 0.3) is 17.1 Å². The molecule has 4 nitrogen and oxygen atoms in total. The maximum atomic E-state index is 10.5. The van der Waals surface area contributed by atoms with Crippen molar-refractivity contribution in [2.24, 2.45) is 0 Å². The molecule has 0 bridgehead atoms. The Bertz CT molecular complexity index is 683. The van der Waals surface area contributed by atoms with Crippen LogP contribution in [0, 0.1) is 0 Å². The summed E-state index contributed by atoms with van der Waals surface area (Å²) in [5.41, 5.74) is 3.23. The van der Waals surface area contributed by atoms with E-state index >= 15 is 0 Å². The zero-order chi connectivity index (χ0) is 17.4. The van der Waals surface area contributed by atoms with Gasteiger partial charge in [-0.3, -0.25) is 4.79 Å². The maximum absolute atomic E-state index is 10.5. The van der Waals surface area contributed by atoms with Gasteiger partial charge in [0, 0.05) is 19.5 Å². The van der Waals surface area contributed by atoms with E-state index in [0.29, 0.717) is 0 Å². The first-order valence-electron chi connectivity index (χ1n) is 9.06. The number of hydrogen-bond acceptors (Lipinski definition) is 3. The van der Waals surface area contributed by atoms with Gasteiger partial charge in [0.05, 0.1) is 11.0 Å². The molecule has 0 aliphatic carbocycles. The fraction of sp³-hybridized carbons (Fsp3) is 0.500. The molecule has 2 aromatic rings. The van der Waals surface area contributed by atoms with Crippen LogP contribution in [0.1, 0.15) is 45.0 Å². The molecule has 130 valence electrons. The van der Waals surface area contributed by atoms with Crippen LogP contribution >= 0.6 is 0 Å². The Balaban J connectivity index is 2.33. The number of aldehydes is 1. The SMILES string of the molecule is CCCCc1nc2cc(/C=C/C=O)ccc2n1CCN(CC)CC. The number of likely N-dealkylation sites (N-methyl/N-ethyl adjacent to an activating group) is 1. The van der Waals surface area contributed by atoms with Gasteiger partial charge >= 0.3 is 0 Å². The lowest BCUT2D eigenvalue weighted by atomic mass is 10.2. The molecule has 0 atom stereocenters. The van der Waals surface area contributed by atoms with E-state index in [1.165, 1.54) is 23.8 Å². The van der Waals surface area contributed by atoms with Crippen molar-refractivity contribution in [1.82, 2.24) is 14.5 Å². The lowest BCUT2D eigenvalue weighted by Crippen LogP contribution is -2.27. The van der Waals surface area contributed by atoms with Crippen molar-refractivity contribution in [2.75, 3.05) is 19.6 Å². The van der Waals surface area contributed by atoms with Crippen molar-refractivity contribution in [1.29, 1.82) is 0 Å². The summed E-state index contributed by atoms with van der Waals surface area (Å²) in [4.78, 5) is 17.8. The Morgan fingerprint density at radius 3 is 2.67 bits per heavy atom. The Morgan fingerprint density at radius 1 is 1.21 bits per heavy atom. The first-order chi connectivity index (χ1) is 11.7. The van der Waals surface area contributed by atoms with Crippen LogP contribution in [0.4, 0.5) is 0 Å². The Labute approximate surface area is 145 Å². The van der Waals surface area contributed by atoms with Gasteiger partial charge in [0.1, 0.15) is 12.1 Å². The number of nitrogens with zero attached hydrogens (tertiary/aromatic N) is 3. The number of aromatic nitrogens is 2. The third-order valence-electron chi connectivity index (χ3n) is 4.51. The molecule has 0 amide bonds. The van der Waals surface area contributed by atoms with Crippen molar-refractivity contribution in [3.63, 3.8) is 0 Å². The van der Waals surface area contributed by atoms with Gasteiger partial charge in [-0.05, 0) is 43.3 Å². The molecule has 0 saturated carbocycles. The first kappa shape index (κ1) is 18.4. The summed E-state index contributed by atoms with van der Waals surface area (Å²) >= 11 is 0. The van der Waals surface area contributed by atoms with Crippen LogP contribution < -0.4 is 0 Å². The molecular weight excluding hydrogens is 298 g/mol. The predicted octanol–water partition coefficient (Wildman–Crippen LogP) is 3.93. The van der Waals surface area contributed by atoms with E-state index in [0.717, 1.165) is 56.4 Å². The Hall–Kier alpha value is -1.94. The molecule has 4 heteroatoms. The highest BCUT2D eigenvalue weighted by Gasteiger charge is 2.11. The minimum atomic E-state index is 0.805. The zero-order valence-corrected chi connectivity index (χ0v) is 15.2. The summed E-state index contributed by atoms with van der Waals surface area (Å²) < 4.78 is 2.37. The topological polar surface area (TPSA) is 38.1 Å². The summed E-state index contributed by atoms with van der Waals surface area (Å²) in [5.74, 6) is 1.18. The molecule has 24 heavy (non-hydrogen) atoms. The number of imidazole rings is 1. The molecule has 1 aromatic heterocycles. The van der Waals surface area contributed by atoms with Gasteiger partial charge in [0.2, 0.25) is 0 Å². The van der Waals surface area contributed by atoms with E-state index in [4.69, 9.17) is 4.98 Å². The second kappa shape index (κ2) is 9.38. The number of aryl methyl sites for hydroxylation is 1. The van der Waals surface area contributed by atoms with Gasteiger partial charge in [-0.15, -0.1) is 0 Å². The van der Waals surface area contributed by atoms with Gasteiger partial charge in [-0.25, -0.2) is 4.98 Å². The van der Waals surface area contributed by atoms with Crippen molar-refractivity contribution in [3.05, 3.63) is 35.7 Å². The van der Waals surface area contributed by atoms with Crippen molar-refractivity contribution >= 4 is 23.4 Å². The summed E-state index contributed by atoms with van der Waals surface area (Å²) in [7, 11) is 0. The normalized spacial score (nSPS) is 11.8. The van der Waals surface area contributed by atoms with Crippen LogP contribution in [0.5, 0.6) is 0 Å². The van der Waals surface area contributed by atoms with Crippen LogP contribution in [-0.4, -0.2) is 40.4 Å². The lowest BCUT2D eigenvalue weighted by Gasteiger charge is -2.19. The molecule has 0 aliphatic rings. The molecule has 0 saturated heterocycles. The monoisotopic (exact) mass is 327 g/mol. The number of unbranched alkanes of at least 4 members (excludes halogenated alkanes) is 1. The lowest BCUT2D eigenvalue weighted by molar-refractivity contribution is -0.104. The van der Waals surface area contributed by atoms with Crippen LogP contribution in [0.2, 0.25) is 0 Å². The highest BCUT2D eigenvalue weighted by molar-refractivity contribution is 5.81. The molecule has 0 aliphatic heterocycles.